The third-order valence-electron chi connectivity index (χ3n) is 7.12. The number of aliphatic carboxylic acids is 1. The lowest BCUT2D eigenvalue weighted by Crippen LogP contribution is -2.59. The number of carboxylic acids is 1. The van der Waals surface area contributed by atoms with Crippen molar-refractivity contribution in [2.75, 3.05) is 0 Å². The molecule has 0 saturated heterocycles. The van der Waals surface area contributed by atoms with Gasteiger partial charge in [-0.15, -0.1) is 0 Å². The number of nitrogens with one attached hydrogen (secondary N) is 5. The molecule has 4 rings (SSSR count). The minimum absolute atomic E-state index is 0.00759. The molecule has 14 nitrogen and oxygen atoms in total. The molecule has 0 spiro atoms. The molecule has 44 heavy (non-hydrogen) atoms. The number of benzene rings is 2. The summed E-state index contributed by atoms with van der Waals surface area (Å²) in [5.74, 6) is -3.67. The van der Waals surface area contributed by atoms with Crippen LogP contribution in [-0.4, -0.2) is 84.2 Å². The number of H-pyrrole nitrogens is 2. The van der Waals surface area contributed by atoms with Crippen molar-refractivity contribution in [3.63, 3.8) is 0 Å². The smallest absolute Gasteiger partial charge is 0.328 e. The van der Waals surface area contributed by atoms with Gasteiger partial charge in [0.2, 0.25) is 17.7 Å². The number of carboxylic acid groups (broad SMARTS) is 1. The average molecular weight is 606 g/mol. The first kappa shape index (κ1) is 31.7. The number of carbonyl (C=O) groups excluding carboxylic acids is 3. The largest absolute Gasteiger partial charge is 0.508 e. The van der Waals surface area contributed by atoms with Gasteiger partial charge < -0.3 is 47.0 Å². The molecular weight excluding hydrogens is 570 g/mol. The van der Waals surface area contributed by atoms with Gasteiger partial charge >= 0.3 is 5.97 Å². The highest BCUT2D eigenvalue weighted by Gasteiger charge is 2.32. The van der Waals surface area contributed by atoms with E-state index in [4.69, 9.17) is 5.73 Å². The maximum atomic E-state index is 13.8. The van der Waals surface area contributed by atoms with E-state index in [2.05, 4.69) is 30.9 Å². The Bertz CT molecular complexity index is 1580. The number of carbonyl (C=O) groups is 4. The second-order valence-corrected chi connectivity index (χ2v) is 10.5. The Morgan fingerprint density at radius 2 is 1.55 bits per heavy atom. The van der Waals surface area contributed by atoms with Crippen LogP contribution in [0.15, 0.2) is 67.3 Å². The van der Waals surface area contributed by atoms with E-state index in [0.29, 0.717) is 11.3 Å². The first-order valence-electron chi connectivity index (χ1n) is 13.9. The molecule has 0 fully saturated rings. The number of phenols is 1. The minimum Gasteiger partial charge on any atom is -0.508 e. The number of fused-ring (bicyclic) bond motifs is 1. The topological polar surface area (TPSA) is 236 Å². The van der Waals surface area contributed by atoms with Crippen molar-refractivity contribution in [1.82, 2.24) is 30.9 Å². The monoisotopic (exact) mass is 605 g/mol. The number of aromatic hydroxyl groups is 1. The lowest BCUT2D eigenvalue weighted by molar-refractivity contribution is -0.145. The molecule has 3 amide bonds. The summed E-state index contributed by atoms with van der Waals surface area (Å²) in [7, 11) is 0. The maximum absolute atomic E-state index is 13.8. The third-order valence-corrected chi connectivity index (χ3v) is 7.12. The van der Waals surface area contributed by atoms with Crippen LogP contribution in [0.25, 0.3) is 10.9 Å². The van der Waals surface area contributed by atoms with E-state index in [1.807, 2.05) is 24.3 Å². The fourth-order valence-electron chi connectivity index (χ4n) is 4.73. The molecule has 0 aliphatic heterocycles. The lowest BCUT2D eigenvalue weighted by atomic mass is 10.0. The molecule has 0 aliphatic rings. The SMILES string of the molecule is CC(O)C(NC(=O)C(Cc1ccc(O)cc1)NC(=O)C(Cc1c[nH]c2ccccc12)NC(=O)C(N)Cc1cnc[nH]1)C(=O)O. The summed E-state index contributed by atoms with van der Waals surface area (Å²) in [5.41, 5.74) is 8.86. The zero-order valence-electron chi connectivity index (χ0n) is 23.9. The van der Waals surface area contributed by atoms with E-state index in [1.54, 1.807) is 18.3 Å². The molecule has 2 aromatic heterocycles. The van der Waals surface area contributed by atoms with Crippen LogP contribution in [0.5, 0.6) is 5.75 Å². The van der Waals surface area contributed by atoms with Crippen molar-refractivity contribution in [3.05, 3.63) is 84.1 Å². The highest BCUT2D eigenvalue weighted by atomic mass is 16.4. The summed E-state index contributed by atoms with van der Waals surface area (Å²) >= 11 is 0. The van der Waals surface area contributed by atoms with Crippen molar-refractivity contribution in [2.24, 2.45) is 5.73 Å². The van der Waals surface area contributed by atoms with Crippen LogP contribution in [0, 0.1) is 0 Å². The Labute approximate surface area is 252 Å². The number of amides is 3. The number of aliphatic hydroxyl groups excluding tert-OH is 1. The summed E-state index contributed by atoms with van der Waals surface area (Å²) in [6.07, 6.45) is 3.38. The van der Waals surface area contributed by atoms with Crippen LogP contribution in [0.1, 0.15) is 23.7 Å². The third kappa shape index (κ3) is 8.20. The molecule has 0 aliphatic carbocycles. The molecule has 0 saturated carbocycles. The Balaban J connectivity index is 1.60. The zero-order chi connectivity index (χ0) is 31.8. The molecule has 5 unspecified atom stereocenters. The van der Waals surface area contributed by atoms with Gasteiger partial charge in [0.15, 0.2) is 6.04 Å². The number of nitrogens with zero attached hydrogens (tertiary/aromatic N) is 1. The number of para-hydroxylation sites is 1. The zero-order valence-corrected chi connectivity index (χ0v) is 23.9. The molecule has 0 radical (unpaired) electrons. The van der Waals surface area contributed by atoms with Gasteiger partial charge in [0.05, 0.1) is 18.5 Å². The van der Waals surface area contributed by atoms with Crippen LogP contribution in [0.2, 0.25) is 0 Å². The van der Waals surface area contributed by atoms with Crippen molar-refractivity contribution >= 4 is 34.6 Å². The average Bonchev–Trinajstić information content (AvgIpc) is 3.65. The van der Waals surface area contributed by atoms with Gasteiger partial charge in [-0.2, -0.15) is 0 Å². The fraction of sp³-hybridized carbons (Fsp3) is 0.300. The number of hydrogen-bond donors (Lipinski definition) is 9. The predicted molar refractivity (Wildman–Crippen MR) is 159 cm³/mol. The number of aromatic nitrogens is 3. The number of hydrogen-bond acceptors (Lipinski definition) is 8. The number of phenolic OH excluding ortho intramolecular Hbond substituents is 1. The molecule has 232 valence electrons. The standard InChI is InChI=1S/C30H35N7O7/c1-16(38)26(30(43)44)37-29(42)24(10-17-6-8-20(39)9-7-17)36-28(41)25(11-18-13-33-23-5-3-2-4-21(18)23)35-27(40)22(31)12-19-14-32-15-34-19/h2-9,13-16,22,24-26,33,38-39H,10-12,31H2,1H3,(H,32,34)(H,35,40)(H,36,41)(H,37,42)(H,43,44). The van der Waals surface area contributed by atoms with Crippen LogP contribution in [0.3, 0.4) is 0 Å². The van der Waals surface area contributed by atoms with Crippen molar-refractivity contribution < 1.29 is 34.5 Å². The first-order valence-corrected chi connectivity index (χ1v) is 13.9. The molecule has 0 bridgehead atoms. The van der Waals surface area contributed by atoms with Crippen LogP contribution < -0.4 is 21.7 Å². The maximum Gasteiger partial charge on any atom is 0.328 e. The predicted octanol–water partition coefficient (Wildman–Crippen LogP) is -0.128. The molecule has 2 aromatic carbocycles. The Morgan fingerprint density at radius 1 is 0.886 bits per heavy atom. The van der Waals surface area contributed by atoms with Crippen LogP contribution >= 0.6 is 0 Å². The first-order chi connectivity index (χ1) is 21.0. The van der Waals surface area contributed by atoms with Gasteiger partial charge in [-0.05, 0) is 36.2 Å². The second-order valence-electron chi connectivity index (χ2n) is 10.5. The van der Waals surface area contributed by atoms with E-state index in [9.17, 15) is 34.5 Å². The van der Waals surface area contributed by atoms with E-state index < -0.39 is 54.0 Å². The molecule has 14 heteroatoms. The van der Waals surface area contributed by atoms with E-state index in [-0.39, 0.29) is 25.0 Å². The van der Waals surface area contributed by atoms with Crippen molar-refractivity contribution in [3.8, 4) is 5.75 Å². The highest BCUT2D eigenvalue weighted by Crippen LogP contribution is 2.20. The lowest BCUT2D eigenvalue weighted by Gasteiger charge is -2.26. The molecular formula is C30H35N7O7. The molecule has 2 heterocycles. The Morgan fingerprint density at radius 3 is 2.20 bits per heavy atom. The highest BCUT2D eigenvalue weighted by molar-refractivity contribution is 5.95. The second kappa shape index (κ2) is 14.3. The molecule has 4 aromatic rings. The van der Waals surface area contributed by atoms with Gasteiger partial charge in [-0.1, -0.05) is 30.3 Å². The molecule has 10 N–H and O–H groups in total. The quantitative estimate of drug-likeness (QED) is 0.0929. The van der Waals surface area contributed by atoms with Gasteiger partial charge in [-0.3, -0.25) is 14.4 Å². The number of rotatable bonds is 14. The van der Waals surface area contributed by atoms with Gasteiger partial charge in [0.25, 0.3) is 0 Å². The normalized spacial score (nSPS) is 14.6. The Kier molecular flexibility index (Phi) is 10.3. The number of aromatic amines is 2. The minimum atomic E-state index is -1.64. The Hall–Kier alpha value is -5.21. The van der Waals surface area contributed by atoms with Gasteiger partial charge in [-0.25, -0.2) is 9.78 Å². The number of aliphatic hydroxyl groups is 1. The summed E-state index contributed by atoms with van der Waals surface area (Å²) in [6.45, 7) is 1.21. The van der Waals surface area contributed by atoms with E-state index in [0.717, 1.165) is 16.5 Å². The summed E-state index contributed by atoms with van der Waals surface area (Å²) in [5, 5.41) is 37.5. The van der Waals surface area contributed by atoms with E-state index >= 15 is 0 Å². The van der Waals surface area contributed by atoms with Crippen molar-refractivity contribution in [2.45, 2.75) is 56.5 Å². The number of imidazole rings is 1. The summed E-state index contributed by atoms with van der Waals surface area (Å²) < 4.78 is 0. The van der Waals surface area contributed by atoms with Crippen molar-refractivity contribution in [1.29, 1.82) is 0 Å². The summed E-state index contributed by atoms with van der Waals surface area (Å²) in [6, 6.07) is 8.18. The van der Waals surface area contributed by atoms with Gasteiger partial charge in [0, 0.05) is 48.3 Å². The van der Waals surface area contributed by atoms with E-state index in [1.165, 1.54) is 31.6 Å². The summed E-state index contributed by atoms with van der Waals surface area (Å²) in [4.78, 5) is 61.9. The van der Waals surface area contributed by atoms with Gasteiger partial charge in [0.1, 0.15) is 17.8 Å². The fourth-order valence-corrected chi connectivity index (χ4v) is 4.73. The number of nitrogens with two attached hydrogens (primary N) is 1. The van der Waals surface area contributed by atoms with Crippen LogP contribution in [-0.2, 0) is 38.4 Å². The van der Waals surface area contributed by atoms with Crippen LogP contribution in [0.4, 0.5) is 0 Å². The molecule has 5 atom stereocenters.